The minimum absolute atomic E-state index is 0.0217. The molecular weight excluding hydrogens is 462 g/mol. The summed E-state index contributed by atoms with van der Waals surface area (Å²) in [5.74, 6) is -0.183. The zero-order valence-corrected chi connectivity index (χ0v) is 19.3. The van der Waals surface area contributed by atoms with E-state index < -0.39 is 11.7 Å². The molecule has 1 aliphatic heterocycles. The van der Waals surface area contributed by atoms with Crippen LogP contribution in [0.5, 0.6) is 11.5 Å². The Morgan fingerprint density at radius 3 is 2.41 bits per heavy atom. The molecule has 1 saturated carbocycles. The zero-order chi connectivity index (χ0) is 24.3. The molecule has 0 unspecified atom stereocenters. The fourth-order valence-electron chi connectivity index (χ4n) is 4.51. The van der Waals surface area contributed by atoms with Gasteiger partial charge < -0.3 is 9.47 Å². The minimum atomic E-state index is -3.69. The van der Waals surface area contributed by atoms with Crippen molar-refractivity contribution in [1.29, 1.82) is 0 Å². The highest BCUT2D eigenvalue weighted by Crippen LogP contribution is 2.52. The highest BCUT2D eigenvalue weighted by molar-refractivity contribution is 6.34. The molecule has 3 aromatic rings. The molecular formula is C27H21ClF2O4. The number of ketones is 2. The molecule has 5 rings (SSSR count). The van der Waals surface area contributed by atoms with Crippen LogP contribution >= 0.6 is 11.6 Å². The van der Waals surface area contributed by atoms with E-state index in [1.165, 1.54) is 19.1 Å². The van der Waals surface area contributed by atoms with Gasteiger partial charge in [-0.15, -0.1) is 8.78 Å². The number of rotatable bonds is 6. The average Bonchev–Trinajstić information content (AvgIpc) is 3.52. The lowest BCUT2D eigenvalue weighted by molar-refractivity contribution is -0.286. The highest BCUT2D eigenvalue weighted by atomic mass is 35.5. The van der Waals surface area contributed by atoms with Crippen LogP contribution in [-0.4, -0.2) is 17.9 Å². The van der Waals surface area contributed by atoms with Crippen LogP contribution in [0, 0.1) is 6.92 Å². The third-order valence-corrected chi connectivity index (χ3v) is 6.89. The van der Waals surface area contributed by atoms with Gasteiger partial charge in [0.1, 0.15) is 5.78 Å². The van der Waals surface area contributed by atoms with E-state index in [2.05, 4.69) is 9.47 Å². The molecule has 0 N–H and O–H groups in total. The second kappa shape index (κ2) is 7.91. The lowest BCUT2D eigenvalue weighted by atomic mass is 9.86. The van der Waals surface area contributed by atoms with Crippen molar-refractivity contribution in [2.24, 2.45) is 0 Å². The molecule has 3 aromatic carbocycles. The van der Waals surface area contributed by atoms with Gasteiger partial charge in [0.2, 0.25) is 0 Å². The summed E-state index contributed by atoms with van der Waals surface area (Å²) < 4.78 is 35.8. The van der Waals surface area contributed by atoms with E-state index in [4.69, 9.17) is 11.6 Å². The van der Waals surface area contributed by atoms with E-state index >= 15 is 0 Å². The maximum Gasteiger partial charge on any atom is 0.586 e. The Morgan fingerprint density at radius 2 is 1.71 bits per heavy atom. The maximum atomic E-state index is 13.4. The van der Waals surface area contributed by atoms with Crippen molar-refractivity contribution >= 4 is 23.2 Å². The van der Waals surface area contributed by atoms with Gasteiger partial charge in [0.15, 0.2) is 17.3 Å². The van der Waals surface area contributed by atoms with Crippen molar-refractivity contribution in [3.63, 3.8) is 0 Å². The molecule has 1 fully saturated rings. The number of carbonyl (C=O) groups excluding carboxylic acids is 2. The second-order valence-electron chi connectivity index (χ2n) is 8.91. The summed E-state index contributed by atoms with van der Waals surface area (Å²) in [7, 11) is 0. The van der Waals surface area contributed by atoms with Crippen molar-refractivity contribution in [2.75, 3.05) is 0 Å². The fraction of sp³-hybridized carbons (Fsp3) is 0.259. The van der Waals surface area contributed by atoms with Gasteiger partial charge in [0.25, 0.3) is 0 Å². The zero-order valence-electron chi connectivity index (χ0n) is 18.6. The van der Waals surface area contributed by atoms with Crippen LogP contribution in [-0.2, 0) is 16.6 Å². The summed E-state index contributed by atoms with van der Waals surface area (Å²) in [6.45, 7) is 3.44. The molecule has 2 aliphatic rings. The van der Waals surface area contributed by atoms with Crippen LogP contribution in [0.2, 0.25) is 5.02 Å². The number of aryl methyl sites for hydroxylation is 1. The lowest BCUT2D eigenvalue weighted by Gasteiger charge is -2.16. The molecule has 0 amide bonds. The summed E-state index contributed by atoms with van der Waals surface area (Å²) in [6, 6.07) is 15.7. The van der Waals surface area contributed by atoms with Crippen molar-refractivity contribution in [3.05, 3.63) is 81.9 Å². The average molecular weight is 483 g/mol. The van der Waals surface area contributed by atoms with Gasteiger partial charge in [0, 0.05) is 12.0 Å². The molecule has 0 spiro atoms. The number of Topliss-reactive ketones (excluding diaryl/α,β-unsaturated/α-hetero) is 2. The van der Waals surface area contributed by atoms with Gasteiger partial charge in [0.05, 0.1) is 10.4 Å². The van der Waals surface area contributed by atoms with Gasteiger partial charge in [-0.2, -0.15) is 0 Å². The van der Waals surface area contributed by atoms with Crippen LogP contribution in [0.4, 0.5) is 8.78 Å². The van der Waals surface area contributed by atoms with Crippen LogP contribution in [0.25, 0.3) is 11.1 Å². The van der Waals surface area contributed by atoms with Gasteiger partial charge in [-0.05, 0) is 78.8 Å². The van der Waals surface area contributed by atoms with E-state index in [0.29, 0.717) is 29.0 Å². The number of halogens is 3. The predicted octanol–water partition coefficient (Wildman–Crippen LogP) is 6.68. The van der Waals surface area contributed by atoms with Crippen LogP contribution in [0.15, 0.2) is 54.6 Å². The van der Waals surface area contributed by atoms with Crippen molar-refractivity contribution < 1.29 is 27.8 Å². The van der Waals surface area contributed by atoms with E-state index in [9.17, 15) is 18.4 Å². The summed E-state index contributed by atoms with van der Waals surface area (Å²) >= 11 is 6.16. The predicted molar refractivity (Wildman–Crippen MR) is 124 cm³/mol. The largest absolute Gasteiger partial charge is 0.586 e. The first-order valence-corrected chi connectivity index (χ1v) is 11.3. The monoisotopic (exact) mass is 482 g/mol. The van der Waals surface area contributed by atoms with E-state index in [1.54, 1.807) is 18.2 Å². The normalized spacial score (nSPS) is 16.9. The number of fused-ring (bicyclic) bond motifs is 1. The molecule has 0 atom stereocenters. The third-order valence-electron chi connectivity index (χ3n) is 6.56. The van der Waals surface area contributed by atoms with E-state index in [0.717, 1.165) is 22.3 Å². The summed E-state index contributed by atoms with van der Waals surface area (Å²) in [6.07, 6.45) is -2.19. The fourth-order valence-corrected chi connectivity index (χ4v) is 4.76. The SMILES string of the molecule is CC(=O)c1cc(-c2cc(CC(=O)C3(c4ccc5c(c4)OC(F)(F)O5)CC3)ccc2C)ccc1Cl. The number of ether oxygens (including phenoxy) is 2. The van der Waals surface area contributed by atoms with Crippen molar-refractivity contribution in [2.45, 2.75) is 44.8 Å². The Kier molecular flexibility index (Phi) is 5.24. The van der Waals surface area contributed by atoms with Crippen LogP contribution < -0.4 is 9.47 Å². The van der Waals surface area contributed by atoms with Crippen molar-refractivity contribution in [1.82, 2.24) is 0 Å². The van der Waals surface area contributed by atoms with Gasteiger partial charge in [-0.3, -0.25) is 9.59 Å². The number of hydrogen-bond donors (Lipinski definition) is 0. The Balaban J connectivity index is 1.41. The first-order chi connectivity index (χ1) is 16.1. The minimum Gasteiger partial charge on any atom is -0.395 e. The standard InChI is InChI=1S/C27H21ClF2O4/c1-15-3-4-17(11-20(15)18-5-7-22(28)21(13-18)16(2)31)12-25(32)26(9-10-26)19-6-8-23-24(14-19)34-27(29,30)33-23/h3-8,11,13-14H,9-10,12H2,1-2H3. The topological polar surface area (TPSA) is 52.6 Å². The van der Waals surface area contributed by atoms with Crippen molar-refractivity contribution in [3.8, 4) is 22.6 Å². The van der Waals surface area contributed by atoms with Gasteiger partial charge in [-0.25, -0.2) is 0 Å². The van der Waals surface area contributed by atoms with Gasteiger partial charge >= 0.3 is 6.29 Å². The molecule has 0 radical (unpaired) electrons. The summed E-state index contributed by atoms with van der Waals surface area (Å²) in [5.41, 5.74) is 4.01. The number of benzene rings is 3. The molecule has 0 saturated heterocycles. The molecule has 4 nitrogen and oxygen atoms in total. The molecule has 1 aliphatic carbocycles. The number of alkyl halides is 2. The summed E-state index contributed by atoms with van der Waals surface area (Å²) in [4.78, 5) is 25.3. The summed E-state index contributed by atoms with van der Waals surface area (Å²) in [5, 5.41) is 0.400. The second-order valence-corrected chi connectivity index (χ2v) is 9.32. The maximum absolute atomic E-state index is 13.4. The first-order valence-electron chi connectivity index (χ1n) is 10.9. The smallest absolute Gasteiger partial charge is 0.395 e. The van der Waals surface area contributed by atoms with Gasteiger partial charge in [-0.1, -0.05) is 41.9 Å². The first kappa shape index (κ1) is 22.5. The lowest BCUT2D eigenvalue weighted by Crippen LogP contribution is -2.26. The Bertz CT molecular complexity index is 1340. The third kappa shape index (κ3) is 3.96. The Hall–Kier alpha value is -3.25. The van der Waals surface area contributed by atoms with Crippen LogP contribution in [0.1, 0.15) is 46.8 Å². The Labute approximate surface area is 200 Å². The molecule has 7 heteroatoms. The van der Waals surface area contributed by atoms with Crippen LogP contribution in [0.3, 0.4) is 0 Å². The Morgan fingerprint density at radius 1 is 0.971 bits per heavy atom. The number of carbonyl (C=O) groups is 2. The molecule has 34 heavy (non-hydrogen) atoms. The molecule has 1 heterocycles. The molecule has 174 valence electrons. The van der Waals surface area contributed by atoms with E-state index in [1.807, 2.05) is 31.2 Å². The number of hydrogen-bond acceptors (Lipinski definition) is 4. The molecule has 0 aromatic heterocycles. The highest BCUT2D eigenvalue weighted by Gasteiger charge is 2.52. The quantitative estimate of drug-likeness (QED) is 0.367. The van der Waals surface area contributed by atoms with E-state index in [-0.39, 0.29) is 29.5 Å². The molecule has 0 bridgehead atoms.